The number of para-hydroxylation sites is 1. The van der Waals surface area contributed by atoms with Gasteiger partial charge in [0.15, 0.2) is 0 Å². The maximum absolute atomic E-state index is 6.03. The normalized spacial score (nSPS) is 10.7. The van der Waals surface area contributed by atoms with E-state index in [1.54, 1.807) is 12.4 Å². The summed E-state index contributed by atoms with van der Waals surface area (Å²) < 4.78 is 5.84. The number of aromatic amines is 1. The molecule has 0 saturated carbocycles. The number of hydrogen-bond donors (Lipinski definition) is 1. The van der Waals surface area contributed by atoms with Crippen LogP contribution >= 0.6 is 11.6 Å². The fourth-order valence-corrected chi connectivity index (χ4v) is 3.11. The lowest BCUT2D eigenvalue weighted by Gasteiger charge is -2.10. The topological polar surface area (TPSA) is 50.8 Å². The van der Waals surface area contributed by atoms with E-state index in [1.165, 1.54) is 0 Å². The highest BCUT2D eigenvalue weighted by molar-refractivity contribution is 6.30. The molecular formula is C22H18ClN3O. The van der Waals surface area contributed by atoms with Gasteiger partial charge in [-0.3, -0.25) is 4.98 Å². The summed E-state index contributed by atoms with van der Waals surface area (Å²) >= 11 is 6.03. The van der Waals surface area contributed by atoms with Crippen LogP contribution in [0.5, 0.6) is 5.75 Å². The smallest absolute Gasteiger partial charge is 0.138 e. The molecule has 5 heteroatoms. The summed E-state index contributed by atoms with van der Waals surface area (Å²) in [6.07, 6.45) is 3.54. The molecule has 4 rings (SSSR count). The zero-order chi connectivity index (χ0) is 18.6. The predicted molar refractivity (Wildman–Crippen MR) is 109 cm³/mol. The van der Waals surface area contributed by atoms with Crippen molar-refractivity contribution in [1.29, 1.82) is 0 Å². The molecule has 0 amide bonds. The number of nitrogens with one attached hydrogen (secondary N) is 1. The van der Waals surface area contributed by atoms with Gasteiger partial charge >= 0.3 is 0 Å². The van der Waals surface area contributed by atoms with E-state index in [4.69, 9.17) is 21.3 Å². The summed E-state index contributed by atoms with van der Waals surface area (Å²) in [5.41, 5.74) is 4.70. The Hall–Kier alpha value is -3.11. The number of aromatic nitrogens is 3. The minimum absolute atomic E-state index is 0.597. The molecule has 0 bridgehead atoms. The SMILES string of the molecule is CCOc1ccccc1-c1[nH]c(-c2ccc(Cl)cc2)nc1-c1ccncc1. The van der Waals surface area contributed by atoms with Gasteiger partial charge in [-0.2, -0.15) is 0 Å². The van der Waals surface area contributed by atoms with Gasteiger partial charge in [-0.25, -0.2) is 4.98 Å². The summed E-state index contributed by atoms with van der Waals surface area (Å²) in [5.74, 6) is 1.60. The average molecular weight is 376 g/mol. The molecule has 0 aliphatic heterocycles. The van der Waals surface area contributed by atoms with Crippen LogP contribution in [0.15, 0.2) is 73.1 Å². The molecule has 2 aromatic carbocycles. The van der Waals surface area contributed by atoms with Crippen molar-refractivity contribution >= 4 is 11.6 Å². The van der Waals surface area contributed by atoms with Crippen LogP contribution in [0.1, 0.15) is 6.92 Å². The Balaban J connectivity index is 1.91. The Kier molecular flexibility index (Phi) is 4.90. The van der Waals surface area contributed by atoms with E-state index in [9.17, 15) is 0 Å². The quantitative estimate of drug-likeness (QED) is 0.475. The first-order valence-corrected chi connectivity index (χ1v) is 9.12. The molecular weight excluding hydrogens is 358 g/mol. The van der Waals surface area contributed by atoms with Crippen LogP contribution in [0.4, 0.5) is 0 Å². The largest absolute Gasteiger partial charge is 0.493 e. The number of nitrogens with zero attached hydrogens (tertiary/aromatic N) is 2. The van der Waals surface area contributed by atoms with Gasteiger partial charge in [0.05, 0.1) is 18.0 Å². The lowest BCUT2D eigenvalue weighted by atomic mass is 10.1. The van der Waals surface area contributed by atoms with Crippen LogP contribution in [0.2, 0.25) is 5.02 Å². The maximum atomic E-state index is 6.03. The number of ether oxygens (including phenoxy) is 1. The summed E-state index contributed by atoms with van der Waals surface area (Å²) in [6.45, 7) is 2.58. The van der Waals surface area contributed by atoms with Crippen molar-refractivity contribution in [2.45, 2.75) is 6.92 Å². The number of pyridine rings is 1. The molecule has 0 aliphatic carbocycles. The summed E-state index contributed by atoms with van der Waals surface area (Å²) in [6, 6.07) is 19.5. The van der Waals surface area contributed by atoms with Gasteiger partial charge in [-0.1, -0.05) is 23.7 Å². The fourth-order valence-electron chi connectivity index (χ4n) is 2.99. The second-order valence-electron chi connectivity index (χ2n) is 5.98. The predicted octanol–water partition coefficient (Wildman–Crippen LogP) is 5.86. The van der Waals surface area contributed by atoms with Crippen LogP contribution in [-0.2, 0) is 0 Å². The number of rotatable bonds is 5. The van der Waals surface area contributed by atoms with E-state index in [1.807, 2.05) is 67.6 Å². The first-order valence-electron chi connectivity index (χ1n) is 8.75. The monoisotopic (exact) mass is 375 g/mol. The Labute approximate surface area is 162 Å². The minimum atomic E-state index is 0.597. The fraction of sp³-hybridized carbons (Fsp3) is 0.0909. The molecule has 0 unspecified atom stereocenters. The molecule has 4 aromatic rings. The van der Waals surface area contributed by atoms with Gasteiger partial charge in [0, 0.05) is 34.1 Å². The van der Waals surface area contributed by atoms with Gasteiger partial charge in [0.1, 0.15) is 11.6 Å². The highest BCUT2D eigenvalue weighted by atomic mass is 35.5. The highest BCUT2D eigenvalue weighted by Crippen LogP contribution is 2.37. The van der Waals surface area contributed by atoms with Crippen LogP contribution in [0.3, 0.4) is 0 Å². The molecule has 2 aromatic heterocycles. The minimum Gasteiger partial charge on any atom is -0.493 e. The van der Waals surface area contributed by atoms with E-state index >= 15 is 0 Å². The lowest BCUT2D eigenvalue weighted by molar-refractivity contribution is 0.341. The van der Waals surface area contributed by atoms with Gasteiger partial charge in [-0.05, 0) is 55.5 Å². The van der Waals surface area contributed by atoms with Crippen molar-refractivity contribution in [2.24, 2.45) is 0 Å². The second kappa shape index (κ2) is 7.64. The van der Waals surface area contributed by atoms with Crippen molar-refractivity contribution in [1.82, 2.24) is 15.0 Å². The van der Waals surface area contributed by atoms with Crippen molar-refractivity contribution in [3.63, 3.8) is 0 Å². The molecule has 0 saturated heterocycles. The number of halogens is 1. The van der Waals surface area contributed by atoms with E-state index in [0.717, 1.165) is 39.7 Å². The van der Waals surface area contributed by atoms with Crippen molar-refractivity contribution in [3.05, 3.63) is 78.1 Å². The van der Waals surface area contributed by atoms with E-state index in [-0.39, 0.29) is 0 Å². The molecule has 0 atom stereocenters. The number of benzene rings is 2. The van der Waals surface area contributed by atoms with Crippen LogP contribution in [0.25, 0.3) is 33.9 Å². The van der Waals surface area contributed by atoms with E-state index in [2.05, 4.69) is 9.97 Å². The first-order chi connectivity index (χ1) is 13.3. The zero-order valence-electron chi connectivity index (χ0n) is 14.8. The molecule has 2 heterocycles. The molecule has 0 radical (unpaired) electrons. The average Bonchev–Trinajstić information content (AvgIpc) is 3.15. The maximum Gasteiger partial charge on any atom is 0.138 e. The summed E-state index contributed by atoms with van der Waals surface area (Å²) in [7, 11) is 0. The van der Waals surface area contributed by atoms with Crippen LogP contribution < -0.4 is 4.74 Å². The summed E-state index contributed by atoms with van der Waals surface area (Å²) in [5, 5.41) is 0.696. The third-order valence-electron chi connectivity index (χ3n) is 4.23. The van der Waals surface area contributed by atoms with E-state index < -0.39 is 0 Å². The molecule has 0 aliphatic rings. The standard InChI is InChI=1S/C22H18ClN3O/c1-2-27-19-6-4-3-5-18(19)21-20(15-11-13-24-14-12-15)25-22(26-21)16-7-9-17(23)10-8-16/h3-14H,2H2,1H3,(H,25,26). The van der Waals surface area contributed by atoms with Gasteiger partial charge in [-0.15, -0.1) is 0 Å². The molecule has 1 N–H and O–H groups in total. The molecule has 0 fully saturated rings. The Morgan fingerprint density at radius 1 is 0.926 bits per heavy atom. The third-order valence-corrected chi connectivity index (χ3v) is 4.48. The van der Waals surface area contributed by atoms with E-state index in [0.29, 0.717) is 11.6 Å². The van der Waals surface area contributed by atoms with Crippen molar-refractivity contribution in [3.8, 4) is 39.7 Å². The van der Waals surface area contributed by atoms with Crippen LogP contribution in [0, 0.1) is 0 Å². The second-order valence-corrected chi connectivity index (χ2v) is 6.42. The highest BCUT2D eigenvalue weighted by Gasteiger charge is 2.18. The third kappa shape index (κ3) is 3.57. The Morgan fingerprint density at radius 2 is 1.67 bits per heavy atom. The van der Waals surface area contributed by atoms with Crippen LogP contribution in [-0.4, -0.2) is 21.6 Å². The summed E-state index contributed by atoms with van der Waals surface area (Å²) in [4.78, 5) is 12.5. The molecule has 0 spiro atoms. The molecule has 134 valence electrons. The zero-order valence-corrected chi connectivity index (χ0v) is 15.6. The number of hydrogen-bond acceptors (Lipinski definition) is 3. The number of imidazole rings is 1. The van der Waals surface area contributed by atoms with Crippen molar-refractivity contribution in [2.75, 3.05) is 6.61 Å². The van der Waals surface area contributed by atoms with Crippen molar-refractivity contribution < 1.29 is 4.74 Å². The Bertz CT molecular complexity index is 1040. The van der Waals surface area contributed by atoms with Gasteiger partial charge < -0.3 is 9.72 Å². The molecule has 4 nitrogen and oxygen atoms in total. The number of H-pyrrole nitrogens is 1. The Morgan fingerprint density at radius 3 is 2.41 bits per heavy atom. The molecule has 27 heavy (non-hydrogen) atoms. The lowest BCUT2D eigenvalue weighted by Crippen LogP contribution is -1.94. The van der Waals surface area contributed by atoms with Gasteiger partial charge in [0.2, 0.25) is 0 Å². The van der Waals surface area contributed by atoms with Gasteiger partial charge in [0.25, 0.3) is 0 Å². The first kappa shape index (κ1) is 17.3.